The van der Waals surface area contributed by atoms with E-state index in [4.69, 9.17) is 5.73 Å². The Labute approximate surface area is 89.5 Å². The molecule has 0 saturated heterocycles. The van der Waals surface area contributed by atoms with Gasteiger partial charge in [-0.25, -0.2) is 0 Å². The molecular formula is C11H16N2O2. The van der Waals surface area contributed by atoms with Crippen molar-refractivity contribution in [2.75, 3.05) is 13.7 Å². The van der Waals surface area contributed by atoms with Gasteiger partial charge in [0.25, 0.3) is 0 Å². The number of rotatable bonds is 4. The topological polar surface area (TPSA) is 65.2 Å². The minimum absolute atomic E-state index is 0.00819. The Morgan fingerprint density at radius 3 is 2.93 bits per heavy atom. The SMILES string of the molecule is COC(=O)CC(CN)c1cnccc1C. The maximum atomic E-state index is 11.2. The molecule has 82 valence electrons. The Kier molecular flexibility index (Phi) is 4.24. The van der Waals surface area contributed by atoms with E-state index in [1.165, 1.54) is 7.11 Å². The number of esters is 1. The zero-order chi connectivity index (χ0) is 11.3. The van der Waals surface area contributed by atoms with Gasteiger partial charge >= 0.3 is 5.97 Å². The largest absolute Gasteiger partial charge is 0.469 e. The average Bonchev–Trinajstić information content (AvgIpc) is 2.26. The Bertz CT molecular complexity index is 339. The quantitative estimate of drug-likeness (QED) is 0.749. The highest BCUT2D eigenvalue weighted by molar-refractivity contribution is 5.70. The summed E-state index contributed by atoms with van der Waals surface area (Å²) in [6.45, 7) is 2.40. The van der Waals surface area contributed by atoms with Crippen molar-refractivity contribution in [3.05, 3.63) is 29.6 Å². The lowest BCUT2D eigenvalue weighted by Crippen LogP contribution is -2.18. The van der Waals surface area contributed by atoms with Crippen LogP contribution in [0.5, 0.6) is 0 Å². The van der Waals surface area contributed by atoms with Crippen LogP contribution < -0.4 is 5.73 Å². The maximum Gasteiger partial charge on any atom is 0.306 e. The van der Waals surface area contributed by atoms with Gasteiger partial charge in [0.05, 0.1) is 13.5 Å². The highest BCUT2D eigenvalue weighted by Gasteiger charge is 2.16. The molecule has 0 aliphatic rings. The van der Waals surface area contributed by atoms with E-state index < -0.39 is 0 Å². The van der Waals surface area contributed by atoms with Gasteiger partial charge in [0.15, 0.2) is 0 Å². The van der Waals surface area contributed by atoms with Gasteiger partial charge in [-0.05, 0) is 30.7 Å². The summed E-state index contributed by atoms with van der Waals surface area (Å²) >= 11 is 0. The highest BCUT2D eigenvalue weighted by atomic mass is 16.5. The van der Waals surface area contributed by atoms with Crippen LogP contribution in [0.1, 0.15) is 23.5 Å². The fourth-order valence-electron chi connectivity index (χ4n) is 1.51. The normalized spacial score (nSPS) is 12.2. The molecule has 1 aromatic heterocycles. The number of hydrogen-bond donors (Lipinski definition) is 1. The molecule has 0 bridgehead atoms. The number of methoxy groups -OCH3 is 1. The van der Waals surface area contributed by atoms with E-state index in [0.717, 1.165) is 11.1 Å². The Hall–Kier alpha value is -1.42. The smallest absolute Gasteiger partial charge is 0.306 e. The molecule has 1 aromatic rings. The zero-order valence-corrected chi connectivity index (χ0v) is 9.06. The molecule has 15 heavy (non-hydrogen) atoms. The van der Waals surface area contributed by atoms with Gasteiger partial charge in [-0.2, -0.15) is 0 Å². The fraction of sp³-hybridized carbons (Fsp3) is 0.455. The molecular weight excluding hydrogens is 192 g/mol. The standard InChI is InChI=1S/C11H16N2O2/c1-8-3-4-13-7-10(8)9(6-12)5-11(14)15-2/h3-4,7,9H,5-6,12H2,1-2H3. The summed E-state index contributed by atoms with van der Waals surface area (Å²) in [5.41, 5.74) is 7.76. The predicted octanol–water partition coefficient (Wildman–Crippen LogP) is 0.995. The summed E-state index contributed by atoms with van der Waals surface area (Å²) < 4.78 is 4.63. The monoisotopic (exact) mass is 208 g/mol. The molecule has 0 fully saturated rings. The average molecular weight is 208 g/mol. The van der Waals surface area contributed by atoms with E-state index in [-0.39, 0.29) is 11.9 Å². The minimum Gasteiger partial charge on any atom is -0.469 e. The van der Waals surface area contributed by atoms with Gasteiger partial charge in [0.1, 0.15) is 0 Å². The lowest BCUT2D eigenvalue weighted by molar-refractivity contribution is -0.141. The van der Waals surface area contributed by atoms with Crippen molar-refractivity contribution < 1.29 is 9.53 Å². The number of hydrogen-bond acceptors (Lipinski definition) is 4. The van der Waals surface area contributed by atoms with Gasteiger partial charge in [-0.1, -0.05) is 0 Å². The minimum atomic E-state index is -0.242. The Morgan fingerprint density at radius 2 is 2.40 bits per heavy atom. The summed E-state index contributed by atoms with van der Waals surface area (Å²) in [6, 6.07) is 1.91. The highest BCUT2D eigenvalue weighted by Crippen LogP contribution is 2.21. The van der Waals surface area contributed by atoms with Crippen LogP contribution in [0.15, 0.2) is 18.5 Å². The molecule has 0 aliphatic carbocycles. The lowest BCUT2D eigenvalue weighted by Gasteiger charge is -2.15. The third-order valence-electron chi connectivity index (χ3n) is 2.44. The van der Waals surface area contributed by atoms with Gasteiger partial charge in [-0.15, -0.1) is 0 Å². The molecule has 1 unspecified atom stereocenters. The molecule has 1 heterocycles. The number of carbonyl (C=O) groups is 1. The first-order valence-electron chi connectivity index (χ1n) is 4.86. The van der Waals surface area contributed by atoms with Crippen LogP contribution in [-0.4, -0.2) is 24.6 Å². The number of ether oxygens (including phenoxy) is 1. The van der Waals surface area contributed by atoms with E-state index in [9.17, 15) is 4.79 Å². The summed E-state index contributed by atoms with van der Waals surface area (Å²) in [6.07, 6.45) is 3.79. The lowest BCUT2D eigenvalue weighted by atomic mass is 9.94. The second kappa shape index (κ2) is 5.46. The molecule has 0 saturated carbocycles. The first kappa shape index (κ1) is 11.7. The number of aromatic nitrogens is 1. The predicted molar refractivity (Wildman–Crippen MR) is 57.4 cm³/mol. The van der Waals surface area contributed by atoms with Crippen LogP contribution in [0.25, 0.3) is 0 Å². The van der Waals surface area contributed by atoms with Gasteiger partial charge < -0.3 is 10.5 Å². The number of carbonyl (C=O) groups excluding carboxylic acids is 1. The fourth-order valence-corrected chi connectivity index (χ4v) is 1.51. The van der Waals surface area contributed by atoms with Crippen LogP contribution >= 0.6 is 0 Å². The van der Waals surface area contributed by atoms with Crippen molar-refractivity contribution in [3.63, 3.8) is 0 Å². The molecule has 0 radical (unpaired) electrons. The molecule has 4 nitrogen and oxygen atoms in total. The Balaban J connectivity index is 2.83. The summed E-state index contributed by atoms with van der Waals surface area (Å²) in [7, 11) is 1.38. The van der Waals surface area contributed by atoms with Gasteiger partial charge in [-0.3, -0.25) is 9.78 Å². The first-order chi connectivity index (χ1) is 7.19. The van der Waals surface area contributed by atoms with Crippen molar-refractivity contribution in [1.29, 1.82) is 0 Å². The van der Waals surface area contributed by atoms with Gasteiger partial charge in [0, 0.05) is 18.3 Å². The zero-order valence-electron chi connectivity index (χ0n) is 9.06. The summed E-state index contributed by atoms with van der Waals surface area (Å²) in [5.74, 6) is -0.250. The Morgan fingerprint density at radius 1 is 1.67 bits per heavy atom. The van der Waals surface area contributed by atoms with Crippen LogP contribution in [0.2, 0.25) is 0 Å². The van der Waals surface area contributed by atoms with E-state index in [1.807, 2.05) is 13.0 Å². The van der Waals surface area contributed by atoms with Crippen molar-refractivity contribution >= 4 is 5.97 Å². The van der Waals surface area contributed by atoms with Crippen LogP contribution in [0.4, 0.5) is 0 Å². The second-order valence-corrected chi connectivity index (χ2v) is 3.45. The third-order valence-corrected chi connectivity index (χ3v) is 2.44. The molecule has 1 atom stereocenters. The van der Waals surface area contributed by atoms with Crippen LogP contribution in [0, 0.1) is 6.92 Å². The first-order valence-corrected chi connectivity index (χ1v) is 4.86. The van der Waals surface area contributed by atoms with Crippen LogP contribution in [-0.2, 0) is 9.53 Å². The van der Waals surface area contributed by atoms with Gasteiger partial charge in [0.2, 0.25) is 0 Å². The van der Waals surface area contributed by atoms with E-state index in [1.54, 1.807) is 12.4 Å². The molecule has 0 aromatic carbocycles. The summed E-state index contributed by atoms with van der Waals surface area (Å²) in [5, 5.41) is 0. The molecule has 0 spiro atoms. The van der Waals surface area contributed by atoms with Crippen molar-refractivity contribution in [3.8, 4) is 0 Å². The maximum absolute atomic E-state index is 11.2. The van der Waals surface area contributed by atoms with E-state index in [0.29, 0.717) is 13.0 Å². The summed E-state index contributed by atoms with van der Waals surface area (Å²) in [4.78, 5) is 15.2. The third kappa shape index (κ3) is 3.02. The molecule has 1 rings (SSSR count). The number of aryl methyl sites for hydroxylation is 1. The van der Waals surface area contributed by atoms with Crippen molar-refractivity contribution in [1.82, 2.24) is 4.98 Å². The van der Waals surface area contributed by atoms with E-state index in [2.05, 4.69) is 9.72 Å². The molecule has 4 heteroatoms. The van der Waals surface area contributed by atoms with Crippen LogP contribution in [0.3, 0.4) is 0 Å². The second-order valence-electron chi connectivity index (χ2n) is 3.45. The molecule has 0 amide bonds. The van der Waals surface area contributed by atoms with E-state index >= 15 is 0 Å². The number of pyridine rings is 1. The number of nitrogens with two attached hydrogens (primary N) is 1. The molecule has 2 N–H and O–H groups in total. The molecule has 0 aliphatic heterocycles. The number of nitrogens with zero attached hydrogens (tertiary/aromatic N) is 1. The van der Waals surface area contributed by atoms with Crippen molar-refractivity contribution in [2.24, 2.45) is 5.73 Å². The van der Waals surface area contributed by atoms with Crippen molar-refractivity contribution in [2.45, 2.75) is 19.3 Å².